The van der Waals surface area contributed by atoms with E-state index in [4.69, 9.17) is 9.84 Å². The molecule has 0 amide bonds. The Labute approximate surface area is 168 Å². The Kier molecular flexibility index (Phi) is 7.74. The first kappa shape index (κ1) is 22.4. The maximum absolute atomic E-state index is 12.8. The van der Waals surface area contributed by atoms with Crippen molar-refractivity contribution in [3.8, 4) is 17.6 Å². The molecule has 4 N–H and O–H groups in total. The second-order valence-electron chi connectivity index (χ2n) is 6.76. The zero-order valence-corrected chi connectivity index (χ0v) is 16.2. The van der Waals surface area contributed by atoms with E-state index in [-0.39, 0.29) is 29.2 Å². The van der Waals surface area contributed by atoms with Crippen molar-refractivity contribution in [3.05, 3.63) is 47.1 Å². The highest BCUT2D eigenvalue weighted by Crippen LogP contribution is 2.28. The number of phenols is 1. The van der Waals surface area contributed by atoms with Crippen LogP contribution in [-0.2, 0) is 9.53 Å². The third-order valence-corrected chi connectivity index (χ3v) is 4.65. The summed E-state index contributed by atoms with van der Waals surface area (Å²) >= 11 is 0. The van der Waals surface area contributed by atoms with Gasteiger partial charge in [-0.3, -0.25) is 4.79 Å². The number of hydrogen-bond donors (Lipinski definition) is 4. The fourth-order valence-corrected chi connectivity index (χ4v) is 2.72. The predicted octanol–water partition coefficient (Wildman–Crippen LogP) is 1.18. The largest absolute Gasteiger partial charge is 0.507 e. The number of aromatic hydroxyl groups is 1. The van der Waals surface area contributed by atoms with E-state index < -0.39 is 36.7 Å². The van der Waals surface area contributed by atoms with Crippen LogP contribution in [0.3, 0.4) is 0 Å². The van der Waals surface area contributed by atoms with Crippen LogP contribution in [-0.4, -0.2) is 57.1 Å². The van der Waals surface area contributed by atoms with Gasteiger partial charge < -0.3 is 25.2 Å². The van der Waals surface area contributed by atoms with Gasteiger partial charge in [-0.05, 0) is 31.6 Å². The molecule has 1 heterocycles. The molecule has 0 bridgehead atoms. The Morgan fingerprint density at radius 3 is 2.59 bits per heavy atom. The van der Waals surface area contributed by atoms with Gasteiger partial charge in [0.05, 0.1) is 6.10 Å². The summed E-state index contributed by atoms with van der Waals surface area (Å²) in [4.78, 5) is 24.8. The molecule has 0 aliphatic carbocycles. The van der Waals surface area contributed by atoms with E-state index in [1.54, 1.807) is 13.8 Å². The van der Waals surface area contributed by atoms with Gasteiger partial charge in [0, 0.05) is 17.0 Å². The normalized spacial score (nSPS) is 27.6. The quantitative estimate of drug-likeness (QED) is 0.381. The molecule has 0 saturated heterocycles. The number of fused-ring (bicyclic) bond motifs is 1. The first-order valence-electron chi connectivity index (χ1n) is 9.17. The molecule has 7 heteroatoms. The van der Waals surface area contributed by atoms with E-state index in [1.807, 2.05) is 0 Å². The third kappa shape index (κ3) is 5.55. The van der Waals surface area contributed by atoms with Gasteiger partial charge in [-0.25, -0.2) is 4.79 Å². The molecule has 1 aromatic rings. The number of esters is 1. The second kappa shape index (κ2) is 10.0. The van der Waals surface area contributed by atoms with Gasteiger partial charge in [0.25, 0.3) is 0 Å². The topological polar surface area (TPSA) is 124 Å². The van der Waals surface area contributed by atoms with Gasteiger partial charge in [0.15, 0.2) is 5.78 Å². The van der Waals surface area contributed by atoms with E-state index in [0.29, 0.717) is 5.56 Å². The van der Waals surface area contributed by atoms with Crippen molar-refractivity contribution in [1.82, 2.24) is 0 Å². The number of rotatable bonds is 0. The van der Waals surface area contributed by atoms with Crippen LogP contribution in [0.25, 0.3) is 6.08 Å². The molecule has 29 heavy (non-hydrogen) atoms. The van der Waals surface area contributed by atoms with Crippen LogP contribution in [0.4, 0.5) is 0 Å². The van der Waals surface area contributed by atoms with Crippen molar-refractivity contribution >= 4 is 17.8 Å². The Bertz CT molecular complexity index is 888. The number of ketones is 1. The lowest BCUT2D eigenvalue weighted by Gasteiger charge is -2.20. The molecule has 0 aromatic heterocycles. The monoisotopic (exact) mass is 400 g/mol. The highest BCUT2D eigenvalue weighted by atomic mass is 16.5. The minimum absolute atomic E-state index is 0.0796. The molecule has 1 aliphatic rings. The maximum Gasteiger partial charge on any atom is 0.342 e. The number of carbonyl (C=O) groups is 2. The maximum atomic E-state index is 12.8. The first-order chi connectivity index (χ1) is 13.8. The van der Waals surface area contributed by atoms with Crippen molar-refractivity contribution < 1.29 is 34.8 Å². The van der Waals surface area contributed by atoms with E-state index >= 15 is 0 Å². The highest BCUT2D eigenvalue weighted by Gasteiger charge is 2.25. The van der Waals surface area contributed by atoms with E-state index in [0.717, 1.165) is 6.08 Å². The molecule has 7 nitrogen and oxygen atoms in total. The molecular weight excluding hydrogens is 376 g/mol. The molecule has 1 aromatic carbocycles. The van der Waals surface area contributed by atoms with Crippen molar-refractivity contribution in [2.75, 3.05) is 6.61 Å². The average molecular weight is 400 g/mol. The fraction of sp³-hybridized carbons (Fsp3) is 0.364. The van der Waals surface area contributed by atoms with Gasteiger partial charge in [-0.1, -0.05) is 37.0 Å². The van der Waals surface area contributed by atoms with Crippen LogP contribution in [0.1, 0.15) is 41.8 Å². The molecule has 154 valence electrons. The number of carbonyl (C=O) groups excluding carboxylic acids is 2. The number of aliphatic hydroxyl groups is 3. The van der Waals surface area contributed by atoms with Crippen LogP contribution in [0, 0.1) is 17.8 Å². The molecule has 0 radical (unpaired) electrons. The first-order valence-corrected chi connectivity index (χ1v) is 9.17. The molecule has 0 spiro atoms. The Balaban J connectivity index is 2.59. The second-order valence-corrected chi connectivity index (χ2v) is 6.76. The molecule has 0 fully saturated rings. The number of ether oxygens (including phenoxy) is 1. The minimum Gasteiger partial charge on any atom is -0.507 e. The van der Waals surface area contributed by atoms with E-state index in [9.17, 15) is 24.9 Å². The number of hydrogen-bond acceptors (Lipinski definition) is 7. The SMILES string of the molecule is C[C@@H]1OC(=O)c2c(O)ccc(C#CCO)c2/C=C/C[C@H](O)[C@H](O)C(=O)/C=C\[C@@H]1C. The average Bonchev–Trinajstić information content (AvgIpc) is 2.69. The number of cyclic esters (lactones) is 1. The lowest BCUT2D eigenvalue weighted by atomic mass is 9.97. The summed E-state index contributed by atoms with van der Waals surface area (Å²) in [5.74, 6) is 3.10. The smallest absolute Gasteiger partial charge is 0.342 e. The lowest BCUT2D eigenvalue weighted by Crippen LogP contribution is -2.32. The van der Waals surface area contributed by atoms with Crippen LogP contribution < -0.4 is 0 Å². The van der Waals surface area contributed by atoms with Crippen molar-refractivity contribution in [3.63, 3.8) is 0 Å². The number of aliphatic hydroxyl groups excluding tert-OH is 3. The zero-order chi connectivity index (χ0) is 21.6. The third-order valence-electron chi connectivity index (χ3n) is 4.65. The summed E-state index contributed by atoms with van der Waals surface area (Å²) in [6.07, 6.45) is 1.89. The van der Waals surface area contributed by atoms with Gasteiger partial charge >= 0.3 is 5.97 Å². The number of benzene rings is 1. The fourth-order valence-electron chi connectivity index (χ4n) is 2.72. The zero-order valence-electron chi connectivity index (χ0n) is 16.2. The van der Waals surface area contributed by atoms with Gasteiger partial charge in [-0.15, -0.1) is 0 Å². The summed E-state index contributed by atoms with van der Waals surface area (Å²) in [5, 5.41) is 39.3. The minimum atomic E-state index is -1.60. The summed E-state index contributed by atoms with van der Waals surface area (Å²) < 4.78 is 5.45. The van der Waals surface area contributed by atoms with Gasteiger partial charge in [0.1, 0.15) is 30.1 Å². The Morgan fingerprint density at radius 1 is 1.17 bits per heavy atom. The van der Waals surface area contributed by atoms with Crippen LogP contribution in [0.15, 0.2) is 30.4 Å². The van der Waals surface area contributed by atoms with Gasteiger partial charge in [-0.2, -0.15) is 0 Å². The Morgan fingerprint density at radius 2 is 1.90 bits per heavy atom. The van der Waals surface area contributed by atoms with Crippen LogP contribution >= 0.6 is 0 Å². The molecule has 0 unspecified atom stereocenters. The lowest BCUT2D eigenvalue weighted by molar-refractivity contribution is -0.127. The van der Waals surface area contributed by atoms with Crippen molar-refractivity contribution in [2.24, 2.45) is 5.92 Å². The molecule has 0 saturated carbocycles. The van der Waals surface area contributed by atoms with E-state index in [1.165, 1.54) is 30.4 Å². The molecule has 1 aliphatic heterocycles. The highest BCUT2D eigenvalue weighted by molar-refractivity contribution is 5.98. The molecular formula is C22H24O7. The van der Waals surface area contributed by atoms with E-state index in [2.05, 4.69) is 11.8 Å². The molecule has 4 atom stereocenters. The summed E-state index contributed by atoms with van der Waals surface area (Å²) in [6, 6.07) is 2.80. The summed E-state index contributed by atoms with van der Waals surface area (Å²) in [5.41, 5.74) is 0.507. The Hall–Kier alpha value is -2.92. The number of phenolic OH excluding ortho intramolecular Hbond substituents is 1. The predicted molar refractivity (Wildman–Crippen MR) is 106 cm³/mol. The summed E-state index contributed by atoms with van der Waals surface area (Å²) in [7, 11) is 0. The van der Waals surface area contributed by atoms with Crippen LogP contribution in [0.2, 0.25) is 0 Å². The molecule has 2 rings (SSSR count). The summed E-state index contributed by atoms with van der Waals surface area (Å²) in [6.45, 7) is 2.97. The standard InChI is InChI=1S/C22H24O7/c1-13-8-10-19(26)21(27)18(25)7-3-6-16-15(5-4-12-23)9-11-17(24)20(16)22(28)29-14(13)2/h3,6,8-11,13-14,18,21,23-25,27H,7,12H2,1-2H3/b6-3+,10-8-/t13-,14-,18-,21-/m0/s1. The van der Waals surface area contributed by atoms with Crippen molar-refractivity contribution in [1.29, 1.82) is 0 Å². The van der Waals surface area contributed by atoms with Gasteiger partial charge in [0.2, 0.25) is 0 Å². The van der Waals surface area contributed by atoms with Crippen LogP contribution in [0.5, 0.6) is 5.75 Å². The van der Waals surface area contributed by atoms with Crippen molar-refractivity contribution in [2.45, 2.75) is 38.6 Å².